The molecule has 0 unspecified atom stereocenters. The Bertz CT molecular complexity index is 1250. The topological polar surface area (TPSA) is 54.8 Å². The van der Waals surface area contributed by atoms with Gasteiger partial charge in [-0.25, -0.2) is 0 Å². The number of para-hydroxylation sites is 1. The van der Waals surface area contributed by atoms with Gasteiger partial charge in [0.15, 0.2) is 5.78 Å². The van der Waals surface area contributed by atoms with E-state index in [0.717, 1.165) is 60.9 Å². The number of morpholine rings is 1. The van der Waals surface area contributed by atoms with Crippen molar-refractivity contribution in [2.75, 3.05) is 44.3 Å². The maximum atomic E-state index is 13.6. The average Bonchev–Trinajstić information content (AvgIpc) is 3.18. The molecule has 0 spiro atoms. The molecule has 0 radical (unpaired) electrons. The predicted octanol–water partition coefficient (Wildman–Crippen LogP) is 5.21. The lowest BCUT2D eigenvalue weighted by atomic mass is 10.00. The Kier molecular flexibility index (Phi) is 8.34. The lowest BCUT2D eigenvalue weighted by Crippen LogP contribution is -2.41. The van der Waals surface area contributed by atoms with Gasteiger partial charge >= 0.3 is 12.1 Å². The van der Waals surface area contributed by atoms with Crippen molar-refractivity contribution in [3.8, 4) is 0 Å². The Morgan fingerprint density at radius 1 is 1.00 bits per heavy atom. The number of amides is 1. The summed E-state index contributed by atoms with van der Waals surface area (Å²) < 4.78 is 47.1. The number of benzene rings is 2. The largest absolute Gasteiger partial charge is 0.471 e. The second-order valence-corrected chi connectivity index (χ2v) is 9.27. The first-order chi connectivity index (χ1) is 17.7. The van der Waals surface area contributed by atoms with Crippen LogP contribution in [0.1, 0.15) is 41.4 Å². The summed E-state index contributed by atoms with van der Waals surface area (Å²) in [6, 6.07) is 13.6. The molecule has 2 aromatic carbocycles. The molecule has 3 aromatic rings. The summed E-state index contributed by atoms with van der Waals surface area (Å²) >= 11 is 0. The van der Waals surface area contributed by atoms with E-state index in [2.05, 4.69) is 9.47 Å². The number of hydrogen-bond acceptors (Lipinski definition) is 4. The number of unbranched alkanes of at least 4 members (excludes halogenated alkanes) is 1. The van der Waals surface area contributed by atoms with Crippen molar-refractivity contribution in [2.45, 2.75) is 39.4 Å². The zero-order valence-corrected chi connectivity index (χ0v) is 21.2. The normalized spacial score (nSPS) is 14.7. The zero-order chi connectivity index (χ0) is 26.6. The van der Waals surface area contributed by atoms with Gasteiger partial charge < -0.3 is 14.2 Å². The van der Waals surface area contributed by atoms with E-state index >= 15 is 0 Å². The molecule has 1 amide bonds. The Balaban J connectivity index is 1.62. The summed E-state index contributed by atoms with van der Waals surface area (Å²) in [5, 5.41) is 0.841. The molecule has 2 heterocycles. The van der Waals surface area contributed by atoms with Crippen LogP contribution in [0.25, 0.3) is 10.9 Å². The van der Waals surface area contributed by atoms with Crippen LogP contribution in [0.5, 0.6) is 0 Å². The molecule has 6 nitrogen and oxygen atoms in total. The minimum absolute atomic E-state index is 0.0438. The zero-order valence-electron chi connectivity index (χ0n) is 21.2. The lowest BCUT2D eigenvalue weighted by molar-refractivity contribution is -0.170. The van der Waals surface area contributed by atoms with Crippen molar-refractivity contribution in [2.24, 2.45) is 0 Å². The number of rotatable bonds is 9. The van der Waals surface area contributed by atoms with Gasteiger partial charge in [0.2, 0.25) is 0 Å². The molecule has 1 saturated heterocycles. The number of ether oxygens (including phenoxy) is 1. The summed E-state index contributed by atoms with van der Waals surface area (Å²) in [7, 11) is 0. The summed E-state index contributed by atoms with van der Waals surface area (Å²) in [6.07, 6.45) is -3.89. The molecule has 1 fully saturated rings. The van der Waals surface area contributed by atoms with Crippen LogP contribution in [0.4, 0.5) is 18.9 Å². The van der Waals surface area contributed by atoms with Crippen molar-refractivity contribution in [3.05, 3.63) is 65.4 Å². The Labute approximate surface area is 214 Å². The monoisotopic (exact) mass is 515 g/mol. The van der Waals surface area contributed by atoms with E-state index in [9.17, 15) is 22.8 Å². The molecule has 4 rings (SSSR count). The lowest BCUT2D eigenvalue weighted by Gasteiger charge is -2.27. The third-order valence-electron chi connectivity index (χ3n) is 6.87. The maximum Gasteiger partial charge on any atom is 0.471 e. The van der Waals surface area contributed by atoms with Gasteiger partial charge in [0, 0.05) is 60.6 Å². The quantitative estimate of drug-likeness (QED) is 0.367. The minimum Gasteiger partial charge on any atom is -0.379 e. The van der Waals surface area contributed by atoms with E-state index in [4.69, 9.17) is 4.74 Å². The smallest absolute Gasteiger partial charge is 0.379 e. The van der Waals surface area contributed by atoms with E-state index in [1.807, 2.05) is 38.1 Å². The van der Waals surface area contributed by atoms with Crippen LogP contribution in [0.3, 0.4) is 0 Å². The molecule has 0 atom stereocenters. The van der Waals surface area contributed by atoms with Crippen LogP contribution >= 0.6 is 0 Å². The number of carbonyl (C=O) groups is 2. The molecule has 0 aliphatic carbocycles. The van der Waals surface area contributed by atoms with E-state index in [-0.39, 0.29) is 18.0 Å². The highest BCUT2D eigenvalue weighted by molar-refractivity contribution is 6.17. The molecule has 0 bridgehead atoms. The summed E-state index contributed by atoms with van der Waals surface area (Å²) in [5.74, 6) is -2.10. The van der Waals surface area contributed by atoms with E-state index in [0.29, 0.717) is 24.0 Å². The number of hydrogen-bond donors (Lipinski definition) is 0. The molecule has 37 heavy (non-hydrogen) atoms. The molecular formula is C28H32F3N3O3. The Hall–Kier alpha value is -3.17. The summed E-state index contributed by atoms with van der Waals surface area (Å²) in [6.45, 7) is 8.48. The van der Waals surface area contributed by atoms with E-state index in [1.165, 1.54) is 24.3 Å². The van der Waals surface area contributed by atoms with Crippen molar-refractivity contribution in [3.63, 3.8) is 0 Å². The number of fused-ring (bicyclic) bond motifs is 1. The SMILES string of the molecule is CCCCN(C(=O)C(F)(F)F)c1ccc(C(=O)c2c(C)n(CCN3CCOCC3)c3ccccc23)cc1. The molecular weight excluding hydrogens is 483 g/mol. The summed E-state index contributed by atoms with van der Waals surface area (Å²) in [5.41, 5.74) is 2.88. The van der Waals surface area contributed by atoms with E-state index in [1.54, 1.807) is 0 Å². The fourth-order valence-electron chi connectivity index (χ4n) is 4.83. The van der Waals surface area contributed by atoms with E-state index < -0.39 is 12.1 Å². The molecule has 1 aliphatic heterocycles. The minimum atomic E-state index is -4.97. The highest BCUT2D eigenvalue weighted by atomic mass is 19.4. The van der Waals surface area contributed by atoms with Gasteiger partial charge in [-0.2, -0.15) is 13.2 Å². The Morgan fingerprint density at radius 3 is 2.32 bits per heavy atom. The van der Waals surface area contributed by atoms with Crippen LogP contribution in [0.15, 0.2) is 48.5 Å². The number of halogens is 3. The molecule has 0 saturated carbocycles. The van der Waals surface area contributed by atoms with Gasteiger partial charge in [0.25, 0.3) is 0 Å². The van der Waals surface area contributed by atoms with Crippen molar-refractivity contribution < 1.29 is 27.5 Å². The third kappa shape index (κ3) is 5.88. The van der Waals surface area contributed by atoms with Crippen LogP contribution < -0.4 is 4.90 Å². The molecule has 1 aliphatic rings. The summed E-state index contributed by atoms with van der Waals surface area (Å²) in [4.78, 5) is 28.7. The predicted molar refractivity (Wildman–Crippen MR) is 137 cm³/mol. The number of nitrogens with zero attached hydrogens (tertiary/aromatic N) is 3. The number of anilines is 1. The number of ketones is 1. The molecule has 9 heteroatoms. The molecule has 1 aromatic heterocycles. The maximum absolute atomic E-state index is 13.6. The van der Waals surface area contributed by atoms with Crippen molar-refractivity contribution in [1.29, 1.82) is 0 Å². The second-order valence-electron chi connectivity index (χ2n) is 9.27. The van der Waals surface area contributed by atoms with Gasteiger partial charge in [-0.15, -0.1) is 0 Å². The first-order valence-corrected chi connectivity index (χ1v) is 12.6. The number of carbonyl (C=O) groups excluding carboxylic acids is 2. The number of alkyl halides is 3. The van der Waals surface area contributed by atoms with Gasteiger partial charge in [0.1, 0.15) is 0 Å². The first kappa shape index (κ1) is 26.9. The van der Waals surface area contributed by atoms with Gasteiger partial charge in [-0.3, -0.25) is 14.5 Å². The first-order valence-electron chi connectivity index (χ1n) is 12.6. The molecule has 198 valence electrons. The standard InChI is InChI=1S/C28H32F3N3O3/c1-3-4-13-34(27(36)28(29,30)31)22-11-9-21(10-12-22)26(35)25-20(2)33(24-8-6-5-7-23(24)25)15-14-32-16-18-37-19-17-32/h5-12H,3-4,13-19H2,1-2H3. The van der Waals surface area contributed by atoms with Gasteiger partial charge in [-0.1, -0.05) is 31.5 Å². The highest BCUT2D eigenvalue weighted by Crippen LogP contribution is 2.30. The van der Waals surface area contributed by atoms with Crippen molar-refractivity contribution in [1.82, 2.24) is 9.47 Å². The number of aromatic nitrogens is 1. The van der Waals surface area contributed by atoms with Crippen LogP contribution in [0.2, 0.25) is 0 Å². The fourth-order valence-corrected chi connectivity index (χ4v) is 4.83. The Morgan fingerprint density at radius 2 is 1.68 bits per heavy atom. The van der Waals surface area contributed by atoms with Crippen LogP contribution in [-0.4, -0.2) is 66.7 Å². The van der Waals surface area contributed by atoms with Crippen molar-refractivity contribution >= 4 is 28.3 Å². The average molecular weight is 516 g/mol. The van der Waals surface area contributed by atoms with Crippen LogP contribution in [0, 0.1) is 6.92 Å². The van der Waals surface area contributed by atoms with Gasteiger partial charge in [-0.05, 0) is 43.7 Å². The highest BCUT2D eigenvalue weighted by Gasteiger charge is 2.42. The molecule has 0 N–H and O–H groups in total. The van der Waals surface area contributed by atoms with Gasteiger partial charge in [0.05, 0.1) is 18.8 Å². The second kappa shape index (κ2) is 11.5. The third-order valence-corrected chi connectivity index (χ3v) is 6.87. The van der Waals surface area contributed by atoms with Crippen LogP contribution in [-0.2, 0) is 16.1 Å². The fraction of sp³-hybridized carbons (Fsp3) is 0.429.